The molecule has 2 N–H and O–H groups in total. The monoisotopic (exact) mass is 435 g/mol. The maximum atomic E-state index is 13.4. The van der Waals surface area contributed by atoms with Crippen molar-refractivity contribution in [1.29, 1.82) is 0 Å². The van der Waals surface area contributed by atoms with Crippen LogP contribution < -0.4 is 10.1 Å². The van der Waals surface area contributed by atoms with Gasteiger partial charge in [-0.3, -0.25) is 5.32 Å². The Morgan fingerprint density at radius 3 is 2.69 bits per heavy atom. The number of likely N-dealkylation sites (N-methyl/N-ethyl adjacent to an activating group) is 2. The Hall–Kier alpha value is -3.06. The zero-order chi connectivity index (χ0) is 23.0. The lowest BCUT2D eigenvalue weighted by Gasteiger charge is -2.51. The van der Waals surface area contributed by atoms with Gasteiger partial charge in [-0.15, -0.1) is 0 Å². The molecule has 0 bridgehead atoms. The summed E-state index contributed by atoms with van der Waals surface area (Å²) in [6, 6.07) is 14.0. The molecule has 0 unspecified atom stereocenters. The first-order chi connectivity index (χ1) is 15.3. The number of aromatic nitrogens is 2. The van der Waals surface area contributed by atoms with Gasteiger partial charge in [-0.05, 0) is 55.4 Å². The van der Waals surface area contributed by atoms with E-state index < -0.39 is 0 Å². The smallest absolute Gasteiger partial charge is 0.324 e. The van der Waals surface area contributed by atoms with E-state index in [-0.39, 0.29) is 23.5 Å². The van der Waals surface area contributed by atoms with Crippen LogP contribution in [0.4, 0.5) is 10.7 Å². The Morgan fingerprint density at radius 1 is 1.25 bits per heavy atom. The van der Waals surface area contributed by atoms with Crippen LogP contribution in [0.1, 0.15) is 31.9 Å². The van der Waals surface area contributed by atoms with Crippen LogP contribution >= 0.6 is 0 Å². The maximum Gasteiger partial charge on any atom is 0.324 e. The van der Waals surface area contributed by atoms with Gasteiger partial charge in [0, 0.05) is 18.5 Å². The fraction of sp³-hybridized carbons (Fsp3) is 0.440. The van der Waals surface area contributed by atoms with Crippen molar-refractivity contribution in [1.82, 2.24) is 19.8 Å². The Labute approximate surface area is 189 Å². The average Bonchev–Trinajstić information content (AvgIpc) is 3.19. The quantitative estimate of drug-likeness (QED) is 0.628. The van der Waals surface area contributed by atoms with Crippen LogP contribution in [0.3, 0.4) is 0 Å². The number of nitrogens with one attached hydrogen (secondary N) is 2. The van der Waals surface area contributed by atoms with Crippen LogP contribution in [0.25, 0.3) is 11.0 Å². The number of imidazole rings is 1. The summed E-state index contributed by atoms with van der Waals surface area (Å²) >= 11 is 0. The van der Waals surface area contributed by atoms with Crippen LogP contribution in [0.15, 0.2) is 42.5 Å². The summed E-state index contributed by atoms with van der Waals surface area (Å²) in [6.45, 7) is 7.50. The SMILES string of the molecule is CCN(C)[C@@H]1Cc2ccc(OC)cc2C(C)(C)[C@H]1N(C)C(=O)Nc1nc2ccccc2[nH]1. The molecule has 2 atom stereocenters. The number of carbonyl (C=O) groups is 1. The van der Waals surface area contributed by atoms with Gasteiger partial charge >= 0.3 is 6.03 Å². The second-order valence-electron chi connectivity index (χ2n) is 9.18. The number of para-hydroxylation sites is 2. The van der Waals surface area contributed by atoms with E-state index in [4.69, 9.17) is 4.74 Å². The number of ether oxygens (including phenoxy) is 1. The zero-order valence-corrected chi connectivity index (χ0v) is 19.8. The number of rotatable bonds is 5. The van der Waals surface area contributed by atoms with Gasteiger partial charge in [0.05, 0.1) is 24.2 Å². The van der Waals surface area contributed by atoms with Gasteiger partial charge in [0.1, 0.15) is 5.75 Å². The number of fused-ring (bicyclic) bond motifs is 2. The summed E-state index contributed by atoms with van der Waals surface area (Å²) in [7, 11) is 5.70. The fourth-order valence-electron chi connectivity index (χ4n) is 5.14. The van der Waals surface area contributed by atoms with Crippen molar-refractivity contribution in [3.05, 3.63) is 53.6 Å². The van der Waals surface area contributed by atoms with Crippen LogP contribution in [0.2, 0.25) is 0 Å². The van der Waals surface area contributed by atoms with E-state index in [2.05, 4.69) is 60.1 Å². The number of nitrogens with zero attached hydrogens (tertiary/aromatic N) is 3. The highest BCUT2D eigenvalue weighted by molar-refractivity contribution is 5.90. The average molecular weight is 436 g/mol. The molecule has 3 aromatic rings. The summed E-state index contributed by atoms with van der Waals surface area (Å²) in [6.07, 6.45) is 0.875. The van der Waals surface area contributed by atoms with E-state index in [9.17, 15) is 4.79 Å². The van der Waals surface area contributed by atoms with Crippen LogP contribution in [-0.2, 0) is 11.8 Å². The van der Waals surface area contributed by atoms with Crippen molar-refractivity contribution in [3.8, 4) is 5.75 Å². The molecule has 0 spiro atoms. The largest absolute Gasteiger partial charge is 0.497 e. The van der Waals surface area contributed by atoms with Gasteiger partial charge in [-0.2, -0.15) is 0 Å². The highest BCUT2D eigenvalue weighted by Crippen LogP contribution is 2.42. The molecule has 0 saturated heterocycles. The normalized spacial score (nSPS) is 19.6. The molecular formula is C25H33N5O2. The fourth-order valence-corrected chi connectivity index (χ4v) is 5.14. The molecule has 4 rings (SSSR count). The molecule has 2 amide bonds. The molecule has 7 nitrogen and oxygen atoms in total. The van der Waals surface area contributed by atoms with E-state index in [1.165, 1.54) is 11.1 Å². The van der Waals surface area contributed by atoms with E-state index in [0.717, 1.165) is 29.7 Å². The molecule has 0 saturated carbocycles. The van der Waals surface area contributed by atoms with Gasteiger partial charge in [0.15, 0.2) is 0 Å². The minimum Gasteiger partial charge on any atom is -0.497 e. The Morgan fingerprint density at radius 2 is 2.00 bits per heavy atom. The second-order valence-corrected chi connectivity index (χ2v) is 9.18. The summed E-state index contributed by atoms with van der Waals surface area (Å²) in [4.78, 5) is 25.2. The van der Waals surface area contributed by atoms with Gasteiger partial charge in [0.2, 0.25) is 5.95 Å². The third-order valence-electron chi connectivity index (χ3n) is 6.96. The van der Waals surface area contributed by atoms with Crippen molar-refractivity contribution in [3.63, 3.8) is 0 Å². The summed E-state index contributed by atoms with van der Waals surface area (Å²) in [5.41, 5.74) is 3.98. The number of carbonyl (C=O) groups excluding carboxylic acids is 1. The molecule has 7 heteroatoms. The lowest BCUT2D eigenvalue weighted by molar-refractivity contribution is 0.0783. The predicted molar refractivity (Wildman–Crippen MR) is 128 cm³/mol. The number of urea groups is 1. The number of hydrogen-bond donors (Lipinski definition) is 2. The highest BCUT2D eigenvalue weighted by atomic mass is 16.5. The topological polar surface area (TPSA) is 73.5 Å². The number of anilines is 1. The van der Waals surface area contributed by atoms with Crippen molar-refractivity contribution >= 4 is 23.0 Å². The van der Waals surface area contributed by atoms with E-state index >= 15 is 0 Å². The van der Waals surface area contributed by atoms with Crippen molar-refractivity contribution < 1.29 is 9.53 Å². The highest BCUT2D eigenvalue weighted by Gasteiger charge is 2.47. The second kappa shape index (κ2) is 8.47. The Balaban J connectivity index is 1.67. The molecule has 1 aliphatic carbocycles. The first-order valence-corrected chi connectivity index (χ1v) is 11.1. The number of H-pyrrole nitrogens is 1. The Bertz CT molecular complexity index is 1090. The Kier molecular flexibility index (Phi) is 5.86. The molecule has 0 aliphatic heterocycles. The molecule has 170 valence electrons. The molecular weight excluding hydrogens is 402 g/mol. The molecule has 1 heterocycles. The van der Waals surface area contributed by atoms with Crippen LogP contribution in [-0.4, -0.2) is 65.6 Å². The molecule has 1 aromatic heterocycles. The first kappa shape index (κ1) is 22.1. The van der Waals surface area contributed by atoms with Gasteiger partial charge in [0.25, 0.3) is 0 Å². The standard InChI is InChI=1S/C25H33N5O2/c1-7-29(4)21-14-16-12-13-17(32-6)15-18(16)25(2,3)22(21)30(5)24(31)28-23-26-19-10-8-9-11-20(19)27-23/h8-13,15,21-22H,7,14H2,1-6H3,(H2,26,27,28,31)/t21-,22+/m1/s1. The lowest BCUT2D eigenvalue weighted by atomic mass is 9.66. The number of benzene rings is 2. The third-order valence-corrected chi connectivity index (χ3v) is 6.96. The number of methoxy groups -OCH3 is 1. The number of aromatic amines is 1. The molecule has 0 fully saturated rings. The van der Waals surface area contributed by atoms with E-state index in [0.29, 0.717) is 5.95 Å². The summed E-state index contributed by atoms with van der Waals surface area (Å²) in [5.74, 6) is 1.30. The van der Waals surface area contributed by atoms with Crippen LogP contribution in [0, 0.1) is 0 Å². The van der Waals surface area contributed by atoms with E-state index in [1.54, 1.807) is 7.11 Å². The number of hydrogen-bond acceptors (Lipinski definition) is 4. The summed E-state index contributed by atoms with van der Waals surface area (Å²) in [5, 5.41) is 2.97. The maximum absolute atomic E-state index is 13.4. The van der Waals surface area contributed by atoms with Crippen molar-refractivity contribution in [2.75, 3.05) is 33.1 Å². The van der Waals surface area contributed by atoms with Gasteiger partial charge in [-0.1, -0.05) is 39.0 Å². The van der Waals surface area contributed by atoms with Gasteiger partial charge in [-0.25, -0.2) is 9.78 Å². The molecule has 2 aromatic carbocycles. The third kappa shape index (κ3) is 3.81. The van der Waals surface area contributed by atoms with E-state index in [1.807, 2.05) is 42.3 Å². The minimum absolute atomic E-state index is 0.0450. The summed E-state index contributed by atoms with van der Waals surface area (Å²) < 4.78 is 5.50. The molecule has 1 aliphatic rings. The first-order valence-electron chi connectivity index (χ1n) is 11.1. The molecule has 0 radical (unpaired) electrons. The van der Waals surface area contributed by atoms with Crippen molar-refractivity contribution in [2.24, 2.45) is 0 Å². The van der Waals surface area contributed by atoms with Crippen LogP contribution in [0.5, 0.6) is 5.75 Å². The van der Waals surface area contributed by atoms with Gasteiger partial charge < -0.3 is 19.5 Å². The van der Waals surface area contributed by atoms with Crippen molar-refractivity contribution in [2.45, 2.75) is 44.7 Å². The lowest BCUT2D eigenvalue weighted by Crippen LogP contribution is -2.63. The minimum atomic E-state index is -0.282. The predicted octanol–water partition coefficient (Wildman–Crippen LogP) is 4.26. The zero-order valence-electron chi connectivity index (χ0n) is 19.8. The molecule has 32 heavy (non-hydrogen) atoms. The number of amides is 2.